The van der Waals surface area contributed by atoms with Crippen molar-refractivity contribution >= 4 is 17.5 Å². The fourth-order valence-electron chi connectivity index (χ4n) is 4.69. The van der Waals surface area contributed by atoms with Gasteiger partial charge in [0.15, 0.2) is 0 Å². The molecule has 29 heavy (non-hydrogen) atoms. The monoisotopic (exact) mass is 391 g/mol. The maximum atomic E-state index is 13.3. The van der Waals surface area contributed by atoms with Crippen molar-refractivity contribution in [2.75, 3.05) is 19.0 Å². The molecule has 1 unspecified atom stereocenters. The Kier molecular flexibility index (Phi) is 4.13. The third-order valence-electron chi connectivity index (χ3n) is 5.94. The molecule has 7 heteroatoms. The highest BCUT2D eigenvalue weighted by atomic mass is 16.5. The first-order chi connectivity index (χ1) is 14.1. The van der Waals surface area contributed by atoms with Gasteiger partial charge in [-0.05, 0) is 23.8 Å². The number of pyridine rings is 1. The van der Waals surface area contributed by atoms with Gasteiger partial charge in [-0.2, -0.15) is 0 Å². The lowest BCUT2D eigenvalue weighted by Gasteiger charge is -2.23. The van der Waals surface area contributed by atoms with Crippen LogP contribution in [0.4, 0.5) is 5.69 Å². The first kappa shape index (κ1) is 17.9. The molecule has 1 N–H and O–H groups in total. The lowest BCUT2D eigenvalue weighted by molar-refractivity contribution is -0.136. The molecule has 2 fully saturated rings. The molecular formula is C22H21N3O4. The van der Waals surface area contributed by atoms with Gasteiger partial charge < -0.3 is 19.7 Å². The standard InChI is InChI=1S/C22H21N3O4/c1-28-16-7-3-2-6-15(16)24-20(26)18-17-8-9-22(29-17)13-25(21(27)19(18)22)12-14-5-4-10-23-11-14/h2-11,17-19H,12-13H2,1H3,(H,24,26)/t17-,18+,19-,22?/m1/s1. The summed E-state index contributed by atoms with van der Waals surface area (Å²) < 4.78 is 11.5. The number of amides is 2. The second-order valence-corrected chi connectivity index (χ2v) is 7.65. The topological polar surface area (TPSA) is 80.8 Å². The average molecular weight is 391 g/mol. The Morgan fingerprint density at radius 2 is 2.21 bits per heavy atom. The number of carbonyl (C=O) groups excluding carboxylic acids is 2. The molecule has 4 heterocycles. The highest BCUT2D eigenvalue weighted by molar-refractivity contribution is 5.99. The number of aromatic nitrogens is 1. The molecule has 1 aromatic heterocycles. The summed E-state index contributed by atoms with van der Waals surface area (Å²) >= 11 is 0. The third-order valence-corrected chi connectivity index (χ3v) is 5.94. The Morgan fingerprint density at radius 3 is 3.00 bits per heavy atom. The minimum Gasteiger partial charge on any atom is -0.495 e. The number of para-hydroxylation sites is 2. The zero-order valence-corrected chi connectivity index (χ0v) is 15.9. The predicted octanol–water partition coefficient (Wildman–Crippen LogP) is 2.01. The van der Waals surface area contributed by atoms with Crippen LogP contribution in [-0.4, -0.2) is 47.1 Å². The summed E-state index contributed by atoms with van der Waals surface area (Å²) in [5.74, 6) is -0.806. The third kappa shape index (κ3) is 2.81. The fraction of sp³-hybridized carbons (Fsp3) is 0.318. The first-order valence-corrected chi connectivity index (χ1v) is 9.60. The van der Waals surface area contributed by atoms with Gasteiger partial charge in [0.1, 0.15) is 11.4 Å². The Bertz CT molecular complexity index is 993. The second-order valence-electron chi connectivity index (χ2n) is 7.65. The Hall–Kier alpha value is -3.19. The number of nitrogens with one attached hydrogen (secondary N) is 1. The number of carbonyl (C=O) groups is 2. The van der Waals surface area contributed by atoms with Crippen molar-refractivity contribution in [2.24, 2.45) is 11.8 Å². The minimum absolute atomic E-state index is 0.0547. The van der Waals surface area contributed by atoms with E-state index in [1.165, 1.54) is 0 Å². The maximum absolute atomic E-state index is 13.3. The van der Waals surface area contributed by atoms with Gasteiger partial charge in [0.25, 0.3) is 0 Å². The summed E-state index contributed by atoms with van der Waals surface area (Å²) in [6.07, 6.45) is 6.92. The number of likely N-dealkylation sites (tertiary alicyclic amines) is 1. The number of rotatable bonds is 5. The molecule has 0 aliphatic carbocycles. The molecule has 2 aromatic rings. The Labute approximate surface area is 168 Å². The summed E-state index contributed by atoms with van der Waals surface area (Å²) in [7, 11) is 1.56. The molecule has 0 saturated carbocycles. The van der Waals surface area contributed by atoms with Crippen LogP contribution < -0.4 is 10.1 Å². The van der Waals surface area contributed by atoms with Crippen LogP contribution in [-0.2, 0) is 20.9 Å². The van der Waals surface area contributed by atoms with E-state index in [2.05, 4.69) is 10.3 Å². The molecule has 1 aromatic carbocycles. The van der Waals surface area contributed by atoms with E-state index in [-0.39, 0.29) is 17.9 Å². The van der Waals surface area contributed by atoms with Crippen LogP contribution in [0.1, 0.15) is 5.56 Å². The largest absolute Gasteiger partial charge is 0.495 e. The Morgan fingerprint density at radius 1 is 1.34 bits per heavy atom. The molecule has 2 bridgehead atoms. The lowest BCUT2D eigenvalue weighted by atomic mass is 9.76. The summed E-state index contributed by atoms with van der Waals surface area (Å²) in [5.41, 5.74) is 0.802. The van der Waals surface area contributed by atoms with Crippen molar-refractivity contribution in [1.29, 1.82) is 0 Å². The molecule has 5 rings (SSSR count). The molecule has 3 aliphatic rings. The van der Waals surface area contributed by atoms with Gasteiger partial charge in [0.05, 0.1) is 37.3 Å². The van der Waals surface area contributed by atoms with Crippen molar-refractivity contribution in [3.63, 3.8) is 0 Å². The number of benzene rings is 1. The zero-order chi connectivity index (χ0) is 20.0. The zero-order valence-electron chi connectivity index (χ0n) is 15.9. The molecule has 4 atom stereocenters. The van der Waals surface area contributed by atoms with E-state index in [0.717, 1.165) is 5.56 Å². The number of anilines is 1. The van der Waals surface area contributed by atoms with Crippen LogP contribution >= 0.6 is 0 Å². The number of hydrogen-bond acceptors (Lipinski definition) is 5. The number of nitrogens with zero attached hydrogens (tertiary/aromatic N) is 2. The number of fused-ring (bicyclic) bond motifs is 1. The second kappa shape index (κ2) is 6.70. The van der Waals surface area contributed by atoms with Gasteiger partial charge in [-0.1, -0.05) is 30.4 Å². The van der Waals surface area contributed by atoms with E-state index >= 15 is 0 Å². The summed E-state index contributed by atoms with van der Waals surface area (Å²) in [6, 6.07) is 11.0. The van der Waals surface area contributed by atoms with Gasteiger partial charge in [-0.25, -0.2) is 0 Å². The summed E-state index contributed by atoms with van der Waals surface area (Å²) in [6.45, 7) is 0.893. The Balaban J connectivity index is 1.39. The minimum atomic E-state index is -0.729. The molecule has 2 saturated heterocycles. The molecule has 148 valence electrons. The molecule has 7 nitrogen and oxygen atoms in total. The van der Waals surface area contributed by atoms with E-state index in [1.807, 2.05) is 36.4 Å². The predicted molar refractivity (Wildman–Crippen MR) is 105 cm³/mol. The molecular weight excluding hydrogens is 370 g/mol. The summed E-state index contributed by atoms with van der Waals surface area (Å²) in [5, 5.41) is 2.92. The van der Waals surface area contributed by atoms with E-state index in [1.54, 1.807) is 36.5 Å². The van der Waals surface area contributed by atoms with Gasteiger partial charge in [-0.3, -0.25) is 14.6 Å². The average Bonchev–Trinajstić information content (AvgIpc) is 3.37. The van der Waals surface area contributed by atoms with Gasteiger partial charge >= 0.3 is 0 Å². The number of hydrogen-bond donors (Lipinski definition) is 1. The lowest BCUT2D eigenvalue weighted by Crippen LogP contribution is -2.41. The van der Waals surface area contributed by atoms with Crippen LogP contribution in [0.5, 0.6) is 5.75 Å². The van der Waals surface area contributed by atoms with Crippen LogP contribution in [0.15, 0.2) is 60.9 Å². The van der Waals surface area contributed by atoms with Gasteiger partial charge in [-0.15, -0.1) is 0 Å². The van der Waals surface area contributed by atoms with E-state index < -0.39 is 17.4 Å². The highest BCUT2D eigenvalue weighted by Gasteiger charge is 2.66. The van der Waals surface area contributed by atoms with Crippen LogP contribution in [0.2, 0.25) is 0 Å². The van der Waals surface area contributed by atoms with Crippen molar-refractivity contribution in [1.82, 2.24) is 9.88 Å². The number of ether oxygens (including phenoxy) is 2. The molecule has 3 aliphatic heterocycles. The molecule has 2 amide bonds. The van der Waals surface area contributed by atoms with Crippen LogP contribution in [0, 0.1) is 11.8 Å². The molecule has 1 spiro atoms. The quantitative estimate of drug-likeness (QED) is 0.789. The van der Waals surface area contributed by atoms with Crippen molar-refractivity contribution in [3.05, 3.63) is 66.5 Å². The van der Waals surface area contributed by atoms with Crippen molar-refractivity contribution < 1.29 is 19.1 Å². The fourth-order valence-corrected chi connectivity index (χ4v) is 4.69. The first-order valence-electron chi connectivity index (χ1n) is 9.60. The van der Waals surface area contributed by atoms with Gasteiger partial charge in [0, 0.05) is 18.9 Å². The van der Waals surface area contributed by atoms with Crippen LogP contribution in [0.25, 0.3) is 0 Å². The molecule has 0 radical (unpaired) electrons. The summed E-state index contributed by atoms with van der Waals surface area (Å²) in [4.78, 5) is 32.3. The van der Waals surface area contributed by atoms with Crippen molar-refractivity contribution in [3.8, 4) is 5.75 Å². The van der Waals surface area contributed by atoms with E-state index in [9.17, 15) is 9.59 Å². The van der Waals surface area contributed by atoms with Crippen LogP contribution in [0.3, 0.4) is 0 Å². The maximum Gasteiger partial charge on any atom is 0.231 e. The normalized spacial score (nSPS) is 29.2. The highest BCUT2D eigenvalue weighted by Crippen LogP contribution is 2.52. The SMILES string of the molecule is COc1ccccc1NC(=O)[C@H]1[C@H]2C=CC3(CN(Cc4cccnc4)C(=O)[C@@H]13)O2. The number of methoxy groups -OCH3 is 1. The van der Waals surface area contributed by atoms with E-state index in [4.69, 9.17) is 9.47 Å². The smallest absolute Gasteiger partial charge is 0.231 e. The van der Waals surface area contributed by atoms with E-state index in [0.29, 0.717) is 24.5 Å². The van der Waals surface area contributed by atoms with Crippen molar-refractivity contribution in [2.45, 2.75) is 18.2 Å². The van der Waals surface area contributed by atoms with Gasteiger partial charge in [0.2, 0.25) is 11.8 Å².